The van der Waals surface area contributed by atoms with Gasteiger partial charge in [-0.1, -0.05) is 97.1 Å². The monoisotopic (exact) mass is 733 g/mol. The highest BCUT2D eigenvalue weighted by Crippen LogP contribution is 2.43. The van der Waals surface area contributed by atoms with Crippen LogP contribution in [-0.4, -0.2) is 36.4 Å². The maximum Gasteiger partial charge on any atom is 0.338 e. The number of carbonyl (C=O) groups excluding carboxylic acids is 2. The van der Waals surface area contributed by atoms with E-state index in [2.05, 4.69) is 19.1 Å². The average Bonchev–Trinajstić information content (AvgIpc) is 3.21. The molecule has 0 radical (unpaired) electrons. The number of rotatable bonds is 19. The fourth-order valence-corrected chi connectivity index (χ4v) is 9.00. The number of aliphatic hydroxyl groups excluding tert-OH is 1. The first-order valence-corrected chi connectivity index (χ1v) is 21.9. The zero-order valence-corrected chi connectivity index (χ0v) is 33.5. The Morgan fingerprint density at radius 1 is 0.642 bits per heavy atom. The molecule has 3 fully saturated rings. The van der Waals surface area contributed by atoms with Crippen LogP contribution in [0.2, 0.25) is 0 Å². The van der Waals surface area contributed by atoms with Crippen molar-refractivity contribution in [2.75, 3.05) is 13.2 Å². The molecule has 0 bridgehead atoms. The van der Waals surface area contributed by atoms with E-state index < -0.39 is 0 Å². The lowest BCUT2D eigenvalue weighted by atomic mass is 9.68. The molecule has 2 aromatic rings. The molecule has 0 amide bonds. The lowest BCUT2D eigenvalue weighted by molar-refractivity contribution is -0.140. The number of hydrogen-bond acceptors (Lipinski definition) is 6. The zero-order chi connectivity index (χ0) is 37.7. The first-order valence-electron chi connectivity index (χ1n) is 21.9. The average molecular weight is 733 g/mol. The molecule has 1 N–H and O–H groups in total. The highest BCUT2D eigenvalue weighted by molar-refractivity contribution is 5.89. The normalized spacial score (nSPS) is 24.4. The number of aliphatic hydroxyl groups is 1. The van der Waals surface area contributed by atoms with Crippen LogP contribution in [-0.2, 0) is 9.53 Å². The SMILES string of the molecule is CC.CCCCCC1CCC(C2CCC(C(=O)Oc3ccc(C4CCC(OC(=O)c5ccc(OCCCCCCCCO)cc5)CC4)cc3)CC2)CC1. The number of hydrogen-bond donors (Lipinski definition) is 1. The van der Waals surface area contributed by atoms with Crippen molar-refractivity contribution in [3.63, 3.8) is 0 Å². The van der Waals surface area contributed by atoms with Gasteiger partial charge in [0, 0.05) is 6.61 Å². The molecule has 5 rings (SSSR count). The van der Waals surface area contributed by atoms with Gasteiger partial charge in [-0.3, -0.25) is 4.79 Å². The van der Waals surface area contributed by atoms with E-state index in [0.29, 0.717) is 23.8 Å². The van der Waals surface area contributed by atoms with Crippen molar-refractivity contribution >= 4 is 11.9 Å². The summed E-state index contributed by atoms with van der Waals surface area (Å²) < 4.78 is 17.6. The van der Waals surface area contributed by atoms with Crippen LogP contribution in [0.4, 0.5) is 0 Å². The fraction of sp³-hybridized carbons (Fsp3) is 0.702. The Labute approximate surface area is 322 Å². The van der Waals surface area contributed by atoms with Gasteiger partial charge in [0.1, 0.15) is 17.6 Å². The van der Waals surface area contributed by atoms with Gasteiger partial charge in [0.25, 0.3) is 0 Å². The fourth-order valence-electron chi connectivity index (χ4n) is 9.00. The Hall–Kier alpha value is -2.86. The Balaban J connectivity index is 0.00000308. The van der Waals surface area contributed by atoms with Gasteiger partial charge >= 0.3 is 11.9 Å². The third kappa shape index (κ3) is 14.7. The van der Waals surface area contributed by atoms with Gasteiger partial charge in [-0.2, -0.15) is 0 Å². The van der Waals surface area contributed by atoms with Crippen LogP contribution >= 0.6 is 0 Å². The van der Waals surface area contributed by atoms with Crippen LogP contribution in [0.25, 0.3) is 0 Å². The predicted molar refractivity (Wildman–Crippen MR) is 216 cm³/mol. The third-order valence-corrected chi connectivity index (χ3v) is 12.3. The van der Waals surface area contributed by atoms with E-state index >= 15 is 0 Å². The summed E-state index contributed by atoms with van der Waals surface area (Å²) >= 11 is 0. The predicted octanol–water partition coefficient (Wildman–Crippen LogP) is 12.4. The second kappa shape index (κ2) is 24.5. The molecule has 0 unspecified atom stereocenters. The molecule has 2 aromatic carbocycles. The van der Waals surface area contributed by atoms with Crippen molar-refractivity contribution in [2.24, 2.45) is 23.7 Å². The van der Waals surface area contributed by atoms with Crippen molar-refractivity contribution in [1.82, 2.24) is 0 Å². The molecule has 3 aliphatic carbocycles. The van der Waals surface area contributed by atoms with Gasteiger partial charge in [0.05, 0.1) is 18.1 Å². The van der Waals surface area contributed by atoms with Gasteiger partial charge in [-0.25, -0.2) is 4.79 Å². The van der Waals surface area contributed by atoms with E-state index in [1.807, 2.05) is 38.1 Å². The van der Waals surface area contributed by atoms with E-state index in [9.17, 15) is 9.59 Å². The van der Waals surface area contributed by atoms with Crippen LogP contribution in [0.5, 0.6) is 11.5 Å². The molecule has 53 heavy (non-hydrogen) atoms. The Morgan fingerprint density at radius 2 is 1.23 bits per heavy atom. The molecular weight excluding hydrogens is 661 g/mol. The van der Waals surface area contributed by atoms with Gasteiger partial charge in [-0.05, 0) is 143 Å². The molecule has 0 aromatic heterocycles. The Morgan fingerprint density at radius 3 is 1.85 bits per heavy atom. The standard InChI is InChI=1S/C45H66O6.C2H6/c1-2-3-8-11-34-12-14-35(15-13-34)36-16-18-39(19-17-36)44(47)50-42-28-20-37(21-29-42)38-22-30-43(31-23-38)51-45(48)40-24-26-41(27-25-40)49-33-10-7-5-4-6-9-32-46;1-2/h20-21,24-29,34-36,38-39,43,46H,2-19,22-23,30-33H2,1H3;1-2H3. The van der Waals surface area contributed by atoms with E-state index in [1.165, 1.54) is 76.2 Å². The highest BCUT2D eigenvalue weighted by atomic mass is 16.5. The molecule has 0 atom stereocenters. The molecule has 6 nitrogen and oxygen atoms in total. The number of carbonyl (C=O) groups is 2. The van der Waals surface area contributed by atoms with Gasteiger partial charge in [0.15, 0.2) is 0 Å². The Kier molecular flexibility index (Phi) is 19.8. The second-order valence-electron chi connectivity index (χ2n) is 16.0. The molecule has 3 aliphatic rings. The minimum absolute atomic E-state index is 0.0318. The summed E-state index contributed by atoms with van der Waals surface area (Å²) in [6, 6.07) is 15.4. The summed E-state index contributed by atoms with van der Waals surface area (Å²) in [5.74, 6) is 4.18. The first kappa shape index (κ1) is 42.9. The number of ether oxygens (including phenoxy) is 3. The maximum absolute atomic E-state index is 13.1. The van der Waals surface area contributed by atoms with Crippen LogP contribution in [0, 0.1) is 23.7 Å². The number of unbranched alkanes of at least 4 members (excludes halogenated alkanes) is 7. The number of esters is 2. The van der Waals surface area contributed by atoms with Gasteiger partial charge < -0.3 is 19.3 Å². The van der Waals surface area contributed by atoms with Gasteiger partial charge in [0.2, 0.25) is 0 Å². The molecule has 296 valence electrons. The van der Waals surface area contributed by atoms with E-state index in [-0.39, 0.29) is 30.6 Å². The summed E-state index contributed by atoms with van der Waals surface area (Å²) in [7, 11) is 0. The summed E-state index contributed by atoms with van der Waals surface area (Å²) in [5, 5.41) is 8.85. The largest absolute Gasteiger partial charge is 0.494 e. The minimum Gasteiger partial charge on any atom is -0.494 e. The van der Waals surface area contributed by atoms with Crippen molar-refractivity contribution in [3.05, 3.63) is 59.7 Å². The molecule has 0 spiro atoms. The van der Waals surface area contributed by atoms with Crippen molar-refractivity contribution in [3.8, 4) is 11.5 Å². The van der Waals surface area contributed by atoms with E-state index in [1.54, 1.807) is 12.1 Å². The third-order valence-electron chi connectivity index (χ3n) is 12.3. The quantitative estimate of drug-likeness (QED) is 0.0879. The van der Waals surface area contributed by atoms with Crippen LogP contribution < -0.4 is 9.47 Å². The summed E-state index contributed by atoms with van der Waals surface area (Å²) in [6.45, 7) is 7.24. The molecule has 6 heteroatoms. The smallest absolute Gasteiger partial charge is 0.338 e. The molecule has 0 heterocycles. The summed E-state index contributed by atoms with van der Waals surface area (Å²) in [4.78, 5) is 25.9. The van der Waals surface area contributed by atoms with Crippen LogP contribution in [0.15, 0.2) is 48.5 Å². The van der Waals surface area contributed by atoms with Crippen LogP contribution in [0.1, 0.15) is 184 Å². The topological polar surface area (TPSA) is 82.1 Å². The highest BCUT2D eigenvalue weighted by Gasteiger charge is 2.34. The van der Waals surface area contributed by atoms with Crippen molar-refractivity contribution in [1.29, 1.82) is 0 Å². The lowest BCUT2D eigenvalue weighted by Gasteiger charge is -2.37. The molecular formula is C47H72O6. The molecule has 0 saturated heterocycles. The van der Waals surface area contributed by atoms with Gasteiger partial charge in [-0.15, -0.1) is 0 Å². The lowest BCUT2D eigenvalue weighted by Crippen LogP contribution is -2.30. The number of benzene rings is 2. The van der Waals surface area contributed by atoms with Crippen molar-refractivity contribution in [2.45, 2.75) is 174 Å². The van der Waals surface area contributed by atoms with E-state index in [0.717, 1.165) is 94.1 Å². The van der Waals surface area contributed by atoms with E-state index in [4.69, 9.17) is 19.3 Å². The molecule has 3 saturated carbocycles. The Bertz CT molecular complexity index is 1270. The first-order chi connectivity index (χ1) is 26.0. The maximum atomic E-state index is 13.1. The van der Waals surface area contributed by atoms with Crippen LogP contribution in [0.3, 0.4) is 0 Å². The second-order valence-corrected chi connectivity index (χ2v) is 16.0. The molecule has 0 aliphatic heterocycles. The zero-order valence-electron chi connectivity index (χ0n) is 33.5. The summed E-state index contributed by atoms with van der Waals surface area (Å²) in [5.41, 5.74) is 1.82. The van der Waals surface area contributed by atoms with Crippen molar-refractivity contribution < 1.29 is 28.9 Å². The summed E-state index contributed by atoms with van der Waals surface area (Å²) in [6.07, 6.45) is 25.5. The minimum atomic E-state index is -0.271.